The zero-order chi connectivity index (χ0) is 11.4. The summed E-state index contributed by atoms with van der Waals surface area (Å²) in [7, 11) is 0. The lowest BCUT2D eigenvalue weighted by Gasteiger charge is -2.13. The molecule has 1 heterocycles. The molecule has 0 radical (unpaired) electrons. The number of hydrogen-bond donors (Lipinski definition) is 0. The van der Waals surface area contributed by atoms with Gasteiger partial charge >= 0.3 is 0 Å². The summed E-state index contributed by atoms with van der Waals surface area (Å²) in [6.45, 7) is 2.01. The Morgan fingerprint density at radius 1 is 1.12 bits per heavy atom. The van der Waals surface area contributed by atoms with Gasteiger partial charge in [0.1, 0.15) is 6.10 Å². The van der Waals surface area contributed by atoms with Crippen molar-refractivity contribution in [3.8, 4) is 5.88 Å². The van der Waals surface area contributed by atoms with Gasteiger partial charge in [-0.25, -0.2) is 4.98 Å². The third kappa shape index (κ3) is 2.83. The molecule has 0 aliphatic heterocycles. The lowest BCUT2D eigenvalue weighted by Crippen LogP contribution is -2.03. The first-order valence-electron chi connectivity index (χ1n) is 5.09. The molecule has 2 aromatic rings. The molecule has 2 rings (SSSR count). The Kier molecular flexibility index (Phi) is 3.57. The van der Waals surface area contributed by atoms with Crippen molar-refractivity contribution in [2.24, 2.45) is 0 Å². The smallest absolute Gasteiger partial charge is 0.213 e. The topological polar surface area (TPSA) is 22.1 Å². The van der Waals surface area contributed by atoms with Crippen molar-refractivity contribution in [1.82, 2.24) is 4.98 Å². The number of nitrogens with zero attached hydrogens (tertiary/aromatic N) is 1. The van der Waals surface area contributed by atoms with Gasteiger partial charge < -0.3 is 4.74 Å². The Bertz CT molecular complexity index is 441. The second-order valence-electron chi connectivity index (χ2n) is 3.49. The zero-order valence-corrected chi connectivity index (χ0v) is 10.5. The maximum atomic E-state index is 5.72. The average Bonchev–Trinajstić information content (AvgIpc) is 2.33. The minimum Gasteiger partial charge on any atom is -0.470 e. The van der Waals surface area contributed by atoms with Gasteiger partial charge in [-0.05, 0) is 34.5 Å². The van der Waals surface area contributed by atoms with E-state index in [1.807, 2.05) is 49.4 Å². The van der Waals surface area contributed by atoms with Gasteiger partial charge in [-0.3, -0.25) is 0 Å². The maximum Gasteiger partial charge on any atom is 0.213 e. The van der Waals surface area contributed by atoms with Crippen LogP contribution >= 0.6 is 15.9 Å². The summed E-state index contributed by atoms with van der Waals surface area (Å²) < 4.78 is 6.67. The van der Waals surface area contributed by atoms with E-state index in [2.05, 4.69) is 20.9 Å². The number of benzene rings is 1. The van der Waals surface area contributed by atoms with Crippen LogP contribution in [0.4, 0.5) is 0 Å². The molecule has 1 aromatic heterocycles. The van der Waals surface area contributed by atoms with Crippen LogP contribution in [0.1, 0.15) is 18.6 Å². The van der Waals surface area contributed by atoms with Gasteiger partial charge in [0.2, 0.25) is 5.88 Å². The molecule has 1 atom stereocenters. The Hall–Kier alpha value is -1.35. The molecule has 0 fully saturated rings. The van der Waals surface area contributed by atoms with Gasteiger partial charge in [0, 0.05) is 16.7 Å². The highest BCUT2D eigenvalue weighted by Gasteiger charge is 2.06. The fraction of sp³-hybridized carbons (Fsp3) is 0.154. The van der Waals surface area contributed by atoms with Gasteiger partial charge in [-0.2, -0.15) is 0 Å². The molecule has 0 amide bonds. The summed E-state index contributed by atoms with van der Waals surface area (Å²) in [5.74, 6) is 0.638. The second-order valence-corrected chi connectivity index (χ2v) is 4.40. The van der Waals surface area contributed by atoms with Crippen LogP contribution in [-0.4, -0.2) is 4.98 Å². The predicted molar refractivity (Wildman–Crippen MR) is 67.4 cm³/mol. The highest BCUT2D eigenvalue weighted by Crippen LogP contribution is 2.20. The lowest BCUT2D eigenvalue weighted by molar-refractivity contribution is 0.217. The summed E-state index contributed by atoms with van der Waals surface area (Å²) in [4.78, 5) is 4.17. The maximum absolute atomic E-state index is 5.72. The van der Waals surface area contributed by atoms with E-state index in [1.165, 1.54) is 0 Å². The van der Waals surface area contributed by atoms with E-state index in [0.29, 0.717) is 5.88 Å². The Balaban J connectivity index is 2.08. The van der Waals surface area contributed by atoms with Crippen LogP contribution < -0.4 is 4.74 Å². The van der Waals surface area contributed by atoms with Gasteiger partial charge in [-0.15, -0.1) is 0 Å². The van der Waals surface area contributed by atoms with E-state index >= 15 is 0 Å². The van der Waals surface area contributed by atoms with Crippen LogP contribution in [0.25, 0.3) is 0 Å². The molecule has 0 saturated heterocycles. The molecule has 0 N–H and O–H groups in total. The number of rotatable bonds is 3. The summed E-state index contributed by atoms with van der Waals surface area (Å²) in [6.07, 6.45) is 1.74. The SMILES string of the molecule is CC(Oc1ccc(Br)cn1)c1ccccc1. The van der Waals surface area contributed by atoms with Crippen molar-refractivity contribution in [1.29, 1.82) is 0 Å². The second kappa shape index (κ2) is 5.12. The van der Waals surface area contributed by atoms with E-state index < -0.39 is 0 Å². The van der Waals surface area contributed by atoms with Crippen LogP contribution in [-0.2, 0) is 0 Å². The van der Waals surface area contributed by atoms with Crippen LogP contribution in [0.3, 0.4) is 0 Å². The van der Waals surface area contributed by atoms with Crippen LogP contribution in [0.15, 0.2) is 53.1 Å². The lowest BCUT2D eigenvalue weighted by atomic mass is 10.1. The molecule has 0 aliphatic rings. The summed E-state index contributed by atoms with van der Waals surface area (Å²) in [5, 5.41) is 0. The monoisotopic (exact) mass is 277 g/mol. The van der Waals surface area contributed by atoms with Gasteiger partial charge in [0.25, 0.3) is 0 Å². The van der Waals surface area contributed by atoms with E-state index in [4.69, 9.17) is 4.74 Å². The number of pyridine rings is 1. The summed E-state index contributed by atoms with van der Waals surface area (Å²) in [5.41, 5.74) is 1.15. The van der Waals surface area contributed by atoms with Gasteiger partial charge in [-0.1, -0.05) is 30.3 Å². The minimum atomic E-state index is 0.00914. The molecule has 0 saturated carbocycles. The molecular weight excluding hydrogens is 266 g/mol. The molecule has 1 aromatic carbocycles. The van der Waals surface area contributed by atoms with Gasteiger partial charge in [0.15, 0.2) is 0 Å². The highest BCUT2D eigenvalue weighted by molar-refractivity contribution is 9.10. The molecule has 0 aliphatic carbocycles. The van der Waals surface area contributed by atoms with E-state index in [-0.39, 0.29) is 6.10 Å². The zero-order valence-electron chi connectivity index (χ0n) is 8.93. The first-order chi connectivity index (χ1) is 7.75. The van der Waals surface area contributed by atoms with Gasteiger partial charge in [0.05, 0.1) is 0 Å². The van der Waals surface area contributed by atoms with E-state index in [9.17, 15) is 0 Å². The molecule has 82 valence electrons. The molecular formula is C13H12BrNO. The van der Waals surface area contributed by atoms with E-state index in [0.717, 1.165) is 10.0 Å². The quantitative estimate of drug-likeness (QED) is 0.847. The standard InChI is InChI=1S/C13H12BrNO/c1-10(11-5-3-2-4-6-11)16-13-8-7-12(14)9-15-13/h2-10H,1H3. The highest BCUT2D eigenvalue weighted by atomic mass is 79.9. The Labute approximate surface area is 103 Å². The summed E-state index contributed by atoms with van der Waals surface area (Å²) in [6, 6.07) is 13.9. The number of halogens is 1. The minimum absolute atomic E-state index is 0.00914. The molecule has 2 nitrogen and oxygen atoms in total. The van der Waals surface area contributed by atoms with Crippen molar-refractivity contribution in [3.63, 3.8) is 0 Å². The number of aromatic nitrogens is 1. The third-order valence-corrected chi connectivity index (χ3v) is 2.74. The van der Waals surface area contributed by atoms with Crippen molar-refractivity contribution in [2.75, 3.05) is 0 Å². The predicted octanol–water partition coefficient (Wildman–Crippen LogP) is 3.98. The number of hydrogen-bond acceptors (Lipinski definition) is 2. The van der Waals surface area contributed by atoms with Crippen molar-refractivity contribution in [3.05, 3.63) is 58.7 Å². The van der Waals surface area contributed by atoms with Crippen molar-refractivity contribution in [2.45, 2.75) is 13.0 Å². The fourth-order valence-electron chi connectivity index (χ4n) is 1.41. The fourth-order valence-corrected chi connectivity index (χ4v) is 1.64. The Morgan fingerprint density at radius 3 is 2.50 bits per heavy atom. The summed E-state index contributed by atoms with van der Waals surface area (Å²) >= 11 is 3.34. The normalized spacial score (nSPS) is 12.1. The molecule has 0 spiro atoms. The van der Waals surface area contributed by atoms with Crippen LogP contribution in [0.2, 0.25) is 0 Å². The average molecular weight is 278 g/mol. The molecule has 16 heavy (non-hydrogen) atoms. The first kappa shape index (κ1) is 11.1. The molecule has 1 unspecified atom stereocenters. The third-order valence-electron chi connectivity index (χ3n) is 2.27. The molecule has 3 heteroatoms. The van der Waals surface area contributed by atoms with Crippen LogP contribution in [0.5, 0.6) is 5.88 Å². The first-order valence-corrected chi connectivity index (χ1v) is 5.88. The van der Waals surface area contributed by atoms with Crippen molar-refractivity contribution < 1.29 is 4.74 Å². The molecule has 0 bridgehead atoms. The van der Waals surface area contributed by atoms with Crippen molar-refractivity contribution >= 4 is 15.9 Å². The Morgan fingerprint density at radius 2 is 1.88 bits per heavy atom. The van der Waals surface area contributed by atoms with E-state index in [1.54, 1.807) is 6.20 Å². The largest absolute Gasteiger partial charge is 0.470 e. The van der Waals surface area contributed by atoms with Crippen LogP contribution in [0, 0.1) is 0 Å². The number of ether oxygens (including phenoxy) is 1.